The number of nitrogens with one attached hydrogen (secondary N) is 2. The number of carbonyl (C=O) groups excluding carboxylic acids is 1. The summed E-state index contributed by atoms with van der Waals surface area (Å²) in [6.07, 6.45) is -0.351. The zero-order valence-corrected chi connectivity index (χ0v) is 15.1. The molecule has 2 aromatic carbocycles. The summed E-state index contributed by atoms with van der Waals surface area (Å²) >= 11 is 5.84. The van der Waals surface area contributed by atoms with Gasteiger partial charge < -0.3 is 10.4 Å². The normalized spacial score (nSPS) is 11.8. The van der Waals surface area contributed by atoms with Gasteiger partial charge in [0.15, 0.2) is 0 Å². The Morgan fingerprint density at radius 3 is 2.39 bits per heavy atom. The van der Waals surface area contributed by atoms with E-state index in [4.69, 9.17) is 16.7 Å². The summed E-state index contributed by atoms with van der Waals surface area (Å²) in [5.41, 5.74) is 0.336. The molecule has 0 unspecified atom stereocenters. The van der Waals surface area contributed by atoms with Crippen molar-refractivity contribution in [2.24, 2.45) is 0 Å². The molecule has 1 atom stereocenters. The van der Waals surface area contributed by atoms with Crippen molar-refractivity contribution >= 4 is 23.5 Å². The van der Waals surface area contributed by atoms with Gasteiger partial charge in [0.1, 0.15) is 11.5 Å². The number of nitrogens with zero attached hydrogens (tertiary/aromatic N) is 1. The lowest BCUT2D eigenvalue weighted by molar-refractivity contribution is -0.137. The Balaban J connectivity index is 1.85. The molecule has 3 rings (SSSR count). The van der Waals surface area contributed by atoms with E-state index < -0.39 is 29.3 Å². The molecule has 1 aromatic heterocycles. The molecule has 28 heavy (non-hydrogen) atoms. The number of amides is 1. The van der Waals surface area contributed by atoms with Crippen molar-refractivity contribution in [1.29, 1.82) is 0 Å². The second-order valence-electron chi connectivity index (χ2n) is 6.00. The SMILES string of the molecule is O=C(O)C[C@H](NC(=O)c1cc(=O)n(-c2ccc(F)cc2)[nH]1)c1ccc(Cl)cc1. The second-order valence-corrected chi connectivity index (χ2v) is 6.43. The molecule has 0 aliphatic heterocycles. The van der Waals surface area contributed by atoms with Crippen LogP contribution in [0.15, 0.2) is 59.4 Å². The average Bonchev–Trinajstić information content (AvgIpc) is 3.04. The van der Waals surface area contributed by atoms with Crippen molar-refractivity contribution in [2.45, 2.75) is 12.5 Å². The third-order valence-corrected chi connectivity index (χ3v) is 4.26. The highest BCUT2D eigenvalue weighted by molar-refractivity contribution is 6.30. The van der Waals surface area contributed by atoms with Crippen LogP contribution >= 0.6 is 11.6 Å². The number of carbonyl (C=O) groups is 2. The number of rotatable bonds is 6. The number of H-pyrrole nitrogens is 1. The summed E-state index contributed by atoms with van der Waals surface area (Å²) in [5.74, 6) is -2.21. The number of carboxylic acids is 1. The fourth-order valence-corrected chi connectivity index (χ4v) is 2.78. The first-order valence-electron chi connectivity index (χ1n) is 8.19. The number of benzene rings is 2. The van der Waals surface area contributed by atoms with E-state index in [1.54, 1.807) is 24.3 Å². The highest BCUT2D eigenvalue weighted by Gasteiger charge is 2.21. The second kappa shape index (κ2) is 8.10. The molecule has 9 heteroatoms. The number of carboxylic acid groups (broad SMARTS) is 1. The number of aliphatic carboxylic acids is 1. The quantitative estimate of drug-likeness (QED) is 0.588. The van der Waals surface area contributed by atoms with Crippen LogP contribution in [0.4, 0.5) is 4.39 Å². The molecule has 0 spiro atoms. The zero-order chi connectivity index (χ0) is 20.3. The van der Waals surface area contributed by atoms with Gasteiger partial charge in [-0.05, 0) is 42.0 Å². The number of halogens is 2. The maximum absolute atomic E-state index is 13.1. The van der Waals surface area contributed by atoms with Crippen molar-refractivity contribution in [2.75, 3.05) is 0 Å². The summed E-state index contributed by atoms with van der Waals surface area (Å²) in [4.78, 5) is 35.9. The number of hydrogen-bond acceptors (Lipinski definition) is 3. The van der Waals surface area contributed by atoms with Crippen LogP contribution in [0.3, 0.4) is 0 Å². The van der Waals surface area contributed by atoms with Gasteiger partial charge >= 0.3 is 5.97 Å². The minimum Gasteiger partial charge on any atom is -0.481 e. The molecular weight excluding hydrogens is 389 g/mol. The van der Waals surface area contributed by atoms with E-state index in [9.17, 15) is 18.8 Å². The van der Waals surface area contributed by atoms with Crippen LogP contribution < -0.4 is 10.9 Å². The van der Waals surface area contributed by atoms with E-state index in [1.165, 1.54) is 24.3 Å². The lowest BCUT2D eigenvalue weighted by atomic mass is 10.0. The van der Waals surface area contributed by atoms with Gasteiger partial charge in [-0.1, -0.05) is 23.7 Å². The standard InChI is InChI=1S/C19H15ClFN3O4/c20-12-3-1-11(2-4-12)15(10-18(26)27)22-19(28)16-9-17(25)24(23-16)14-7-5-13(21)6-8-14/h1-9,15,23H,10H2,(H,22,28)(H,26,27)/t15-/m0/s1. The molecular formula is C19H15ClFN3O4. The maximum Gasteiger partial charge on any atom is 0.305 e. The number of hydrogen-bond donors (Lipinski definition) is 3. The molecule has 1 heterocycles. The molecule has 0 aliphatic rings. The Morgan fingerprint density at radius 1 is 1.14 bits per heavy atom. The molecule has 1 amide bonds. The van der Waals surface area contributed by atoms with Crippen LogP contribution in [-0.2, 0) is 4.79 Å². The Morgan fingerprint density at radius 2 is 1.79 bits per heavy atom. The highest BCUT2D eigenvalue weighted by Crippen LogP contribution is 2.20. The highest BCUT2D eigenvalue weighted by atomic mass is 35.5. The molecule has 0 saturated carbocycles. The fourth-order valence-electron chi connectivity index (χ4n) is 2.65. The van der Waals surface area contributed by atoms with Crippen LogP contribution in [0.1, 0.15) is 28.5 Å². The summed E-state index contributed by atoms with van der Waals surface area (Å²) < 4.78 is 14.1. The zero-order valence-electron chi connectivity index (χ0n) is 14.4. The van der Waals surface area contributed by atoms with E-state index in [-0.39, 0.29) is 12.1 Å². The first-order valence-corrected chi connectivity index (χ1v) is 8.57. The van der Waals surface area contributed by atoms with Gasteiger partial charge in [-0.25, -0.2) is 9.07 Å². The van der Waals surface area contributed by atoms with Crippen LogP contribution in [0, 0.1) is 5.82 Å². The van der Waals surface area contributed by atoms with Gasteiger partial charge in [0.25, 0.3) is 11.5 Å². The van der Waals surface area contributed by atoms with Crippen molar-refractivity contribution in [3.8, 4) is 5.69 Å². The van der Waals surface area contributed by atoms with Crippen LogP contribution in [0.2, 0.25) is 5.02 Å². The van der Waals surface area contributed by atoms with E-state index in [2.05, 4.69) is 10.4 Å². The maximum atomic E-state index is 13.1. The van der Waals surface area contributed by atoms with Gasteiger partial charge in [0.2, 0.25) is 0 Å². The van der Waals surface area contributed by atoms with Crippen LogP contribution in [0.25, 0.3) is 5.69 Å². The average molecular weight is 404 g/mol. The molecule has 144 valence electrons. The Hall–Kier alpha value is -3.39. The lowest BCUT2D eigenvalue weighted by Gasteiger charge is -2.17. The molecule has 0 fully saturated rings. The first kappa shape index (κ1) is 19.4. The van der Waals surface area contributed by atoms with Gasteiger partial charge in [0.05, 0.1) is 18.2 Å². The van der Waals surface area contributed by atoms with E-state index >= 15 is 0 Å². The molecule has 0 saturated heterocycles. The minimum absolute atomic E-state index is 0.0568. The van der Waals surface area contributed by atoms with Crippen molar-refractivity contribution in [3.63, 3.8) is 0 Å². The van der Waals surface area contributed by atoms with Gasteiger partial charge in [-0.15, -0.1) is 0 Å². The van der Waals surface area contributed by atoms with E-state index in [0.717, 1.165) is 10.7 Å². The molecule has 0 aliphatic carbocycles. The Bertz CT molecular complexity index is 1060. The fraction of sp³-hybridized carbons (Fsp3) is 0.105. The van der Waals surface area contributed by atoms with E-state index in [1.807, 2.05) is 0 Å². The van der Waals surface area contributed by atoms with E-state index in [0.29, 0.717) is 16.3 Å². The predicted molar refractivity (Wildman–Crippen MR) is 100 cm³/mol. The van der Waals surface area contributed by atoms with Crippen LogP contribution in [0.5, 0.6) is 0 Å². The largest absolute Gasteiger partial charge is 0.481 e. The van der Waals surface area contributed by atoms with Crippen molar-refractivity contribution < 1.29 is 19.1 Å². The lowest BCUT2D eigenvalue weighted by Crippen LogP contribution is -2.30. The summed E-state index contributed by atoms with van der Waals surface area (Å²) in [7, 11) is 0. The molecule has 3 aromatic rings. The molecule has 3 N–H and O–H groups in total. The van der Waals surface area contributed by atoms with Gasteiger partial charge in [-0.2, -0.15) is 0 Å². The molecule has 7 nitrogen and oxygen atoms in total. The topological polar surface area (TPSA) is 104 Å². The monoisotopic (exact) mass is 403 g/mol. The Kier molecular flexibility index (Phi) is 5.60. The minimum atomic E-state index is -1.10. The smallest absolute Gasteiger partial charge is 0.305 e. The molecule has 0 radical (unpaired) electrons. The third-order valence-electron chi connectivity index (χ3n) is 4.01. The predicted octanol–water partition coefficient (Wildman–Crippen LogP) is 2.90. The summed E-state index contributed by atoms with van der Waals surface area (Å²) in [6, 6.07) is 11.8. The van der Waals surface area contributed by atoms with Gasteiger partial charge in [-0.3, -0.25) is 19.5 Å². The van der Waals surface area contributed by atoms with Crippen molar-refractivity contribution in [3.05, 3.63) is 87.0 Å². The summed E-state index contributed by atoms with van der Waals surface area (Å²) in [5, 5.41) is 14.8. The number of aromatic amines is 1. The number of aromatic nitrogens is 2. The van der Waals surface area contributed by atoms with Gasteiger partial charge in [0, 0.05) is 11.1 Å². The third kappa shape index (κ3) is 4.47. The summed E-state index contributed by atoms with van der Waals surface area (Å²) in [6.45, 7) is 0. The van der Waals surface area contributed by atoms with Crippen LogP contribution in [-0.4, -0.2) is 26.8 Å². The first-order chi connectivity index (χ1) is 13.3. The molecule has 0 bridgehead atoms. The Labute approximate surface area is 163 Å². The van der Waals surface area contributed by atoms with Crippen molar-refractivity contribution in [1.82, 2.24) is 15.1 Å².